The fourth-order valence-electron chi connectivity index (χ4n) is 3.54. The molecule has 3 aromatic rings. The summed E-state index contributed by atoms with van der Waals surface area (Å²) in [7, 11) is 0. The van der Waals surface area contributed by atoms with Gasteiger partial charge in [-0.3, -0.25) is 9.69 Å². The fourth-order valence-corrected chi connectivity index (χ4v) is 3.54. The first-order valence-electron chi connectivity index (χ1n) is 9.95. The SMILES string of the molecule is O=C(c1ccn(-c2ccccc2F)n1)N1CCN(Cc2ccc(OC(F)(F)F)cc2)CC1. The molecule has 4 rings (SSSR count). The quantitative estimate of drug-likeness (QED) is 0.557. The van der Waals surface area contributed by atoms with Crippen molar-refractivity contribution in [3.8, 4) is 11.4 Å². The van der Waals surface area contributed by atoms with Gasteiger partial charge in [0.25, 0.3) is 5.91 Å². The second kappa shape index (κ2) is 8.99. The van der Waals surface area contributed by atoms with Gasteiger partial charge in [0.2, 0.25) is 0 Å². The van der Waals surface area contributed by atoms with Gasteiger partial charge in [-0.2, -0.15) is 5.10 Å². The molecule has 0 spiro atoms. The van der Waals surface area contributed by atoms with Crippen molar-refractivity contribution in [2.24, 2.45) is 0 Å². The van der Waals surface area contributed by atoms with E-state index in [4.69, 9.17) is 0 Å². The maximum absolute atomic E-state index is 13.9. The van der Waals surface area contributed by atoms with Crippen LogP contribution in [0.5, 0.6) is 5.75 Å². The van der Waals surface area contributed by atoms with Crippen molar-refractivity contribution in [3.05, 3.63) is 77.9 Å². The zero-order chi connectivity index (χ0) is 22.7. The standard InChI is InChI=1S/C22H20F4N4O2/c23-18-3-1-2-4-20(18)30-10-9-19(27-30)21(31)29-13-11-28(12-14-29)15-16-5-7-17(8-6-16)32-22(24,25)26/h1-10H,11-15H2. The summed E-state index contributed by atoms with van der Waals surface area (Å²) in [5, 5.41) is 4.22. The zero-order valence-corrected chi connectivity index (χ0v) is 16.9. The lowest BCUT2D eigenvalue weighted by Crippen LogP contribution is -2.48. The van der Waals surface area contributed by atoms with E-state index in [9.17, 15) is 22.4 Å². The van der Waals surface area contributed by atoms with Gasteiger partial charge in [0.05, 0.1) is 0 Å². The summed E-state index contributed by atoms with van der Waals surface area (Å²) in [4.78, 5) is 16.6. The Labute approximate surface area is 181 Å². The predicted octanol–water partition coefficient (Wildman–Crippen LogP) is 3.87. The number of para-hydroxylation sites is 1. The first-order chi connectivity index (χ1) is 15.3. The van der Waals surface area contributed by atoms with Crippen molar-refractivity contribution in [2.75, 3.05) is 26.2 Å². The van der Waals surface area contributed by atoms with Gasteiger partial charge in [-0.25, -0.2) is 9.07 Å². The molecule has 168 valence electrons. The van der Waals surface area contributed by atoms with Crippen LogP contribution in [-0.4, -0.2) is 58.0 Å². The van der Waals surface area contributed by atoms with Gasteiger partial charge in [-0.05, 0) is 35.9 Å². The number of aromatic nitrogens is 2. The molecule has 1 amide bonds. The van der Waals surface area contributed by atoms with Crippen molar-refractivity contribution in [3.63, 3.8) is 0 Å². The molecule has 2 aromatic carbocycles. The number of hydrogen-bond acceptors (Lipinski definition) is 4. The average molecular weight is 448 g/mol. The Morgan fingerprint density at radius 2 is 1.66 bits per heavy atom. The Morgan fingerprint density at radius 1 is 0.969 bits per heavy atom. The number of benzene rings is 2. The minimum atomic E-state index is -4.71. The third-order valence-electron chi connectivity index (χ3n) is 5.13. The molecular weight excluding hydrogens is 428 g/mol. The highest BCUT2D eigenvalue weighted by atomic mass is 19.4. The summed E-state index contributed by atoms with van der Waals surface area (Å²) in [6.07, 6.45) is -3.16. The number of ether oxygens (including phenoxy) is 1. The lowest BCUT2D eigenvalue weighted by molar-refractivity contribution is -0.274. The van der Waals surface area contributed by atoms with Crippen LogP contribution in [-0.2, 0) is 6.54 Å². The largest absolute Gasteiger partial charge is 0.573 e. The van der Waals surface area contributed by atoms with E-state index >= 15 is 0 Å². The molecule has 6 nitrogen and oxygen atoms in total. The van der Waals surface area contributed by atoms with Crippen molar-refractivity contribution in [1.82, 2.24) is 19.6 Å². The highest BCUT2D eigenvalue weighted by molar-refractivity contribution is 5.92. The molecule has 0 bridgehead atoms. The maximum atomic E-state index is 13.9. The molecule has 1 aliphatic rings. The predicted molar refractivity (Wildman–Crippen MR) is 108 cm³/mol. The van der Waals surface area contributed by atoms with Gasteiger partial charge in [0, 0.05) is 38.9 Å². The van der Waals surface area contributed by atoms with Gasteiger partial charge >= 0.3 is 6.36 Å². The first-order valence-corrected chi connectivity index (χ1v) is 9.95. The Kier molecular flexibility index (Phi) is 6.13. The summed E-state index contributed by atoms with van der Waals surface area (Å²) >= 11 is 0. The second-order valence-corrected chi connectivity index (χ2v) is 7.36. The number of halogens is 4. The van der Waals surface area contributed by atoms with Crippen LogP contribution in [0.1, 0.15) is 16.1 Å². The van der Waals surface area contributed by atoms with Crippen molar-refractivity contribution in [1.29, 1.82) is 0 Å². The van der Waals surface area contributed by atoms with Gasteiger partial charge in [-0.15, -0.1) is 13.2 Å². The number of nitrogens with zero attached hydrogens (tertiary/aromatic N) is 4. The van der Waals surface area contributed by atoms with Crippen LogP contribution in [0.25, 0.3) is 5.69 Å². The van der Waals surface area contributed by atoms with Crippen molar-refractivity contribution >= 4 is 5.91 Å². The van der Waals surface area contributed by atoms with E-state index in [1.54, 1.807) is 47.5 Å². The van der Waals surface area contributed by atoms with Gasteiger partial charge < -0.3 is 9.64 Å². The van der Waals surface area contributed by atoms with Crippen LogP contribution in [0.2, 0.25) is 0 Å². The molecular formula is C22H20F4N4O2. The zero-order valence-electron chi connectivity index (χ0n) is 16.9. The van der Waals surface area contributed by atoms with Crippen LogP contribution in [0.4, 0.5) is 17.6 Å². The molecule has 2 heterocycles. The molecule has 10 heteroatoms. The first kappa shape index (κ1) is 21.8. The summed E-state index contributed by atoms with van der Waals surface area (Å²) < 4.78 is 55.9. The van der Waals surface area contributed by atoms with Crippen LogP contribution in [0.3, 0.4) is 0 Å². The molecule has 0 radical (unpaired) electrons. The number of amides is 1. The van der Waals surface area contributed by atoms with Crippen molar-refractivity contribution in [2.45, 2.75) is 12.9 Å². The van der Waals surface area contributed by atoms with Gasteiger partial charge in [0.15, 0.2) is 5.69 Å². The van der Waals surface area contributed by atoms with Crippen LogP contribution in [0.15, 0.2) is 60.8 Å². The highest BCUT2D eigenvalue weighted by Crippen LogP contribution is 2.23. The number of piperazine rings is 1. The molecule has 1 aromatic heterocycles. The Morgan fingerprint density at radius 3 is 2.31 bits per heavy atom. The summed E-state index contributed by atoms with van der Waals surface area (Å²) in [5.74, 6) is -0.916. The lowest BCUT2D eigenvalue weighted by Gasteiger charge is -2.34. The van der Waals surface area contributed by atoms with E-state index in [-0.39, 0.29) is 23.0 Å². The summed E-state index contributed by atoms with van der Waals surface area (Å²) in [6, 6.07) is 13.5. The number of hydrogen-bond donors (Lipinski definition) is 0. The molecule has 0 atom stereocenters. The smallest absolute Gasteiger partial charge is 0.406 e. The molecule has 1 fully saturated rings. The Hall–Kier alpha value is -3.40. The van der Waals surface area contributed by atoms with Crippen LogP contribution < -0.4 is 4.74 Å². The monoisotopic (exact) mass is 448 g/mol. The summed E-state index contributed by atoms with van der Waals surface area (Å²) in [6.45, 7) is 2.75. The minimum absolute atomic E-state index is 0.228. The number of rotatable bonds is 5. The van der Waals surface area contributed by atoms with E-state index in [2.05, 4.69) is 14.7 Å². The minimum Gasteiger partial charge on any atom is -0.406 e. The normalized spacial score (nSPS) is 15.1. The topological polar surface area (TPSA) is 50.6 Å². The average Bonchev–Trinajstić information content (AvgIpc) is 3.24. The molecule has 0 N–H and O–H groups in total. The molecule has 0 saturated carbocycles. The van der Waals surface area contributed by atoms with Gasteiger partial charge in [0.1, 0.15) is 17.3 Å². The number of carbonyl (C=O) groups excluding carboxylic acids is 1. The van der Waals surface area contributed by atoms with E-state index < -0.39 is 12.2 Å². The Bertz CT molecular complexity index is 1070. The van der Waals surface area contributed by atoms with E-state index in [1.165, 1.54) is 22.9 Å². The third kappa shape index (κ3) is 5.25. The van der Waals surface area contributed by atoms with E-state index in [0.29, 0.717) is 32.7 Å². The second-order valence-electron chi connectivity index (χ2n) is 7.36. The lowest BCUT2D eigenvalue weighted by atomic mass is 10.2. The van der Waals surface area contributed by atoms with E-state index in [0.717, 1.165) is 5.56 Å². The van der Waals surface area contributed by atoms with Gasteiger partial charge in [-0.1, -0.05) is 24.3 Å². The van der Waals surface area contributed by atoms with Crippen molar-refractivity contribution < 1.29 is 27.1 Å². The number of alkyl halides is 3. The third-order valence-corrected chi connectivity index (χ3v) is 5.13. The fraction of sp³-hybridized carbons (Fsp3) is 0.273. The summed E-state index contributed by atoms with van der Waals surface area (Å²) in [5.41, 5.74) is 1.35. The molecule has 32 heavy (non-hydrogen) atoms. The molecule has 0 aliphatic carbocycles. The molecule has 1 aliphatic heterocycles. The Balaban J connectivity index is 1.31. The molecule has 0 unspecified atom stereocenters. The highest BCUT2D eigenvalue weighted by Gasteiger charge is 2.31. The van der Waals surface area contributed by atoms with Crippen LogP contribution >= 0.6 is 0 Å². The van der Waals surface area contributed by atoms with Crippen LogP contribution in [0, 0.1) is 5.82 Å². The maximum Gasteiger partial charge on any atom is 0.573 e. The van der Waals surface area contributed by atoms with E-state index in [1.807, 2.05) is 0 Å². The molecule has 1 saturated heterocycles. The number of carbonyl (C=O) groups is 1.